The van der Waals surface area contributed by atoms with Crippen LogP contribution in [0.1, 0.15) is 44.2 Å². The molecule has 0 spiro atoms. The number of amides is 2. The zero-order chi connectivity index (χ0) is 17.2. The Morgan fingerprint density at radius 1 is 1.04 bits per heavy atom. The molecule has 6 nitrogen and oxygen atoms in total. The summed E-state index contributed by atoms with van der Waals surface area (Å²) < 4.78 is 0. The molecule has 1 aromatic heterocycles. The zero-order valence-electron chi connectivity index (χ0n) is 14.8. The Hall–Kier alpha value is -1.85. The molecule has 6 heteroatoms. The van der Waals surface area contributed by atoms with Crippen LogP contribution in [0.25, 0.3) is 0 Å². The van der Waals surface area contributed by atoms with Gasteiger partial charge in [0, 0.05) is 44.5 Å². The van der Waals surface area contributed by atoms with Crippen LogP contribution >= 0.6 is 0 Å². The van der Waals surface area contributed by atoms with Crippen molar-refractivity contribution in [1.82, 2.24) is 20.0 Å². The van der Waals surface area contributed by atoms with Crippen molar-refractivity contribution >= 4 is 11.8 Å². The van der Waals surface area contributed by atoms with Gasteiger partial charge in [0.15, 0.2) is 0 Å². The lowest BCUT2D eigenvalue weighted by Gasteiger charge is -2.35. The third kappa shape index (κ3) is 4.05. The molecule has 1 aliphatic carbocycles. The molecule has 3 aliphatic rings. The van der Waals surface area contributed by atoms with Gasteiger partial charge in [-0.05, 0) is 55.9 Å². The van der Waals surface area contributed by atoms with Crippen molar-refractivity contribution in [3.63, 3.8) is 0 Å². The van der Waals surface area contributed by atoms with E-state index in [0.717, 1.165) is 51.1 Å². The lowest BCUT2D eigenvalue weighted by molar-refractivity contribution is -0.133. The summed E-state index contributed by atoms with van der Waals surface area (Å²) in [5.41, 5.74) is 0.879. The normalized spacial score (nSPS) is 26.9. The molecule has 0 bridgehead atoms. The Morgan fingerprint density at radius 2 is 1.80 bits per heavy atom. The molecule has 2 amide bonds. The molecule has 25 heavy (non-hydrogen) atoms. The van der Waals surface area contributed by atoms with Crippen molar-refractivity contribution in [1.29, 1.82) is 0 Å². The highest BCUT2D eigenvalue weighted by Crippen LogP contribution is 2.35. The Balaban J connectivity index is 1.29. The molecule has 2 unspecified atom stereocenters. The Morgan fingerprint density at radius 3 is 2.52 bits per heavy atom. The molecule has 0 aromatic carbocycles. The van der Waals surface area contributed by atoms with Crippen LogP contribution in [0.2, 0.25) is 0 Å². The van der Waals surface area contributed by atoms with E-state index in [0.29, 0.717) is 30.1 Å². The number of nitrogens with one attached hydrogen (secondary N) is 1. The van der Waals surface area contributed by atoms with Gasteiger partial charge in [0.1, 0.15) is 0 Å². The van der Waals surface area contributed by atoms with E-state index in [9.17, 15) is 9.59 Å². The van der Waals surface area contributed by atoms with E-state index in [1.807, 2.05) is 11.0 Å². The number of H-pyrrole nitrogens is 1. The first kappa shape index (κ1) is 16.6. The third-order valence-corrected chi connectivity index (χ3v) is 6.11. The van der Waals surface area contributed by atoms with Crippen LogP contribution in [0.4, 0.5) is 0 Å². The van der Waals surface area contributed by atoms with Crippen LogP contribution in [0.15, 0.2) is 12.3 Å². The number of carbonyl (C=O) groups excluding carboxylic acids is 2. The number of hydrogen-bond acceptors (Lipinski definition) is 3. The minimum atomic E-state index is 0.189. The number of piperidine rings is 1. The van der Waals surface area contributed by atoms with E-state index in [1.54, 1.807) is 6.20 Å². The number of rotatable bonds is 5. The van der Waals surface area contributed by atoms with Crippen LogP contribution in [-0.4, -0.2) is 58.0 Å². The summed E-state index contributed by atoms with van der Waals surface area (Å²) in [6.07, 6.45) is 8.68. The average molecular weight is 344 g/mol. The minimum absolute atomic E-state index is 0.189. The molecule has 0 radical (unpaired) electrons. The number of aromatic amines is 1. The van der Waals surface area contributed by atoms with Gasteiger partial charge in [-0.2, -0.15) is 5.10 Å². The van der Waals surface area contributed by atoms with E-state index in [-0.39, 0.29) is 5.91 Å². The fourth-order valence-corrected chi connectivity index (χ4v) is 4.38. The predicted molar refractivity (Wildman–Crippen MR) is 93.6 cm³/mol. The van der Waals surface area contributed by atoms with Crippen molar-refractivity contribution in [2.75, 3.05) is 26.2 Å². The summed E-state index contributed by atoms with van der Waals surface area (Å²) in [5.74, 6) is 2.31. The van der Waals surface area contributed by atoms with Crippen molar-refractivity contribution in [3.8, 4) is 0 Å². The topological polar surface area (TPSA) is 69.3 Å². The molecule has 2 aliphatic heterocycles. The lowest BCUT2D eigenvalue weighted by Crippen LogP contribution is -2.43. The van der Waals surface area contributed by atoms with E-state index < -0.39 is 0 Å². The van der Waals surface area contributed by atoms with Gasteiger partial charge in [0.05, 0.1) is 6.42 Å². The highest BCUT2D eigenvalue weighted by atomic mass is 16.2. The molecule has 2 atom stereocenters. The van der Waals surface area contributed by atoms with Gasteiger partial charge in [-0.3, -0.25) is 14.7 Å². The maximum absolute atomic E-state index is 12.5. The third-order valence-electron chi connectivity index (χ3n) is 6.11. The van der Waals surface area contributed by atoms with Crippen molar-refractivity contribution < 1.29 is 9.59 Å². The summed E-state index contributed by atoms with van der Waals surface area (Å²) >= 11 is 0. The van der Waals surface area contributed by atoms with Gasteiger partial charge in [0.2, 0.25) is 11.8 Å². The SMILES string of the molecule is O=C(Cc1ccn[nH]1)N1CCCC(C2CCN(C(=O)CC3CC3)C2)C1. The summed E-state index contributed by atoms with van der Waals surface area (Å²) in [6, 6.07) is 1.86. The Kier molecular flexibility index (Phi) is 4.77. The largest absolute Gasteiger partial charge is 0.342 e. The van der Waals surface area contributed by atoms with Crippen LogP contribution < -0.4 is 0 Å². The van der Waals surface area contributed by atoms with Gasteiger partial charge in [-0.1, -0.05) is 0 Å². The van der Waals surface area contributed by atoms with Crippen LogP contribution in [0, 0.1) is 17.8 Å². The highest BCUT2D eigenvalue weighted by molar-refractivity contribution is 5.78. The van der Waals surface area contributed by atoms with Crippen LogP contribution in [0.5, 0.6) is 0 Å². The maximum Gasteiger partial charge on any atom is 0.228 e. The maximum atomic E-state index is 12.5. The highest BCUT2D eigenvalue weighted by Gasteiger charge is 2.36. The molecule has 4 rings (SSSR count). The van der Waals surface area contributed by atoms with Crippen molar-refractivity contribution in [2.24, 2.45) is 17.8 Å². The molecule has 3 fully saturated rings. The summed E-state index contributed by atoms with van der Waals surface area (Å²) in [5, 5.41) is 6.79. The molecule has 1 aromatic rings. The second kappa shape index (κ2) is 7.18. The van der Waals surface area contributed by atoms with Gasteiger partial charge >= 0.3 is 0 Å². The van der Waals surface area contributed by atoms with E-state index in [2.05, 4.69) is 15.1 Å². The van der Waals surface area contributed by atoms with Crippen molar-refractivity contribution in [2.45, 2.75) is 44.9 Å². The van der Waals surface area contributed by atoms with E-state index >= 15 is 0 Å². The zero-order valence-corrected chi connectivity index (χ0v) is 14.8. The second-order valence-electron chi connectivity index (χ2n) is 8.04. The van der Waals surface area contributed by atoms with Gasteiger partial charge in [0.25, 0.3) is 0 Å². The first-order chi connectivity index (χ1) is 12.2. The van der Waals surface area contributed by atoms with E-state index in [1.165, 1.54) is 19.3 Å². The fourth-order valence-electron chi connectivity index (χ4n) is 4.38. The smallest absolute Gasteiger partial charge is 0.228 e. The molecular weight excluding hydrogens is 316 g/mol. The first-order valence-electron chi connectivity index (χ1n) is 9.73. The molecule has 2 saturated heterocycles. The number of nitrogens with zero attached hydrogens (tertiary/aromatic N) is 3. The minimum Gasteiger partial charge on any atom is -0.342 e. The summed E-state index contributed by atoms with van der Waals surface area (Å²) in [6.45, 7) is 3.52. The Labute approximate surface area is 148 Å². The number of aromatic nitrogens is 2. The van der Waals surface area contributed by atoms with Gasteiger partial charge in [-0.15, -0.1) is 0 Å². The molecule has 1 saturated carbocycles. The first-order valence-corrected chi connectivity index (χ1v) is 9.73. The number of carbonyl (C=O) groups is 2. The molecule has 1 N–H and O–H groups in total. The predicted octanol–water partition coefficient (Wildman–Crippen LogP) is 1.84. The van der Waals surface area contributed by atoms with E-state index in [4.69, 9.17) is 0 Å². The van der Waals surface area contributed by atoms with Crippen molar-refractivity contribution in [3.05, 3.63) is 18.0 Å². The monoisotopic (exact) mass is 344 g/mol. The molecular formula is C19H28N4O2. The second-order valence-corrected chi connectivity index (χ2v) is 8.04. The number of hydrogen-bond donors (Lipinski definition) is 1. The van der Waals surface area contributed by atoms with Crippen LogP contribution in [0.3, 0.4) is 0 Å². The van der Waals surface area contributed by atoms with Gasteiger partial charge < -0.3 is 9.80 Å². The Bertz CT molecular complexity index is 611. The molecule has 136 valence electrons. The summed E-state index contributed by atoms with van der Waals surface area (Å²) in [4.78, 5) is 29.0. The van der Waals surface area contributed by atoms with Gasteiger partial charge in [-0.25, -0.2) is 0 Å². The fraction of sp³-hybridized carbons (Fsp3) is 0.737. The lowest BCUT2D eigenvalue weighted by atomic mass is 9.84. The molecule has 3 heterocycles. The number of likely N-dealkylation sites (tertiary alicyclic amines) is 2. The quantitative estimate of drug-likeness (QED) is 0.886. The van der Waals surface area contributed by atoms with Crippen LogP contribution in [-0.2, 0) is 16.0 Å². The summed E-state index contributed by atoms with van der Waals surface area (Å²) in [7, 11) is 0. The standard InChI is InChI=1S/C19H28N4O2/c24-18(10-14-3-4-14)23-9-6-16(13-23)15-2-1-8-22(12-15)19(25)11-17-5-7-20-21-17/h5,7,14-16H,1-4,6,8-13H2,(H,20,21). The average Bonchev–Trinajstić information content (AvgIpc) is 3.11.